The molecule has 0 spiro atoms. The van der Waals surface area contributed by atoms with Gasteiger partial charge in [0, 0.05) is 0 Å². The Kier molecular flexibility index (Phi) is 23.2. The molecule has 6 heteroatoms. The van der Waals surface area contributed by atoms with Crippen LogP contribution in [0.5, 0.6) is 0 Å². The summed E-state index contributed by atoms with van der Waals surface area (Å²) in [4.78, 5) is 2.00. The normalized spacial score (nSPS) is 7.00. The Balaban J connectivity index is -0.0000000720. The summed E-state index contributed by atoms with van der Waals surface area (Å²) >= 11 is -1.72. The SMILES string of the molecule is CN(C)C.Cl.[Cl][Al]([Cl])[Cl]. The van der Waals surface area contributed by atoms with E-state index in [9.17, 15) is 0 Å². The summed E-state index contributed by atoms with van der Waals surface area (Å²) in [7, 11) is 20.8. The molecule has 0 aromatic carbocycles. The first-order valence-electron chi connectivity index (χ1n) is 2.00. The fraction of sp³-hybridized carbons (Fsp3) is 1.00. The molecule has 0 saturated heterocycles. The Morgan fingerprint density at radius 3 is 1.00 bits per heavy atom. The Labute approximate surface area is 79.7 Å². The highest BCUT2D eigenvalue weighted by Crippen LogP contribution is 1.97. The minimum Gasteiger partial charge on any atom is -0.312 e. The molecule has 0 amide bonds. The van der Waals surface area contributed by atoms with E-state index in [1.807, 2.05) is 26.0 Å². The fourth-order valence-electron chi connectivity index (χ4n) is 0. The third kappa shape index (κ3) is 207. The van der Waals surface area contributed by atoms with E-state index >= 15 is 0 Å². The minimum atomic E-state index is -1.72. The van der Waals surface area contributed by atoms with Crippen LogP contribution in [0.2, 0.25) is 0 Å². The van der Waals surface area contributed by atoms with Gasteiger partial charge < -0.3 is 4.90 Å². The average Bonchev–Trinajstić information content (AvgIpc) is 1.25. The summed E-state index contributed by atoms with van der Waals surface area (Å²) in [6.45, 7) is 0. The predicted molar refractivity (Wildman–Crippen MR) is 50.2 cm³/mol. The van der Waals surface area contributed by atoms with E-state index in [0.29, 0.717) is 0 Å². The van der Waals surface area contributed by atoms with Gasteiger partial charge in [-0.15, -0.1) is 12.4 Å². The zero-order valence-electron chi connectivity index (χ0n) is 5.57. The number of halogens is 4. The highest BCUT2D eigenvalue weighted by Gasteiger charge is 2.00. The molecule has 0 aromatic heterocycles. The Morgan fingerprint density at radius 2 is 1.00 bits per heavy atom. The smallest absolute Gasteiger partial charge is 0.312 e. The topological polar surface area (TPSA) is 3.24 Å². The molecule has 1 nitrogen and oxygen atoms in total. The summed E-state index contributed by atoms with van der Waals surface area (Å²) in [6.07, 6.45) is 0. The lowest BCUT2D eigenvalue weighted by Gasteiger charge is -1.90. The number of hydrogen-bond donors (Lipinski definition) is 0. The molecule has 0 radical (unpaired) electrons. The van der Waals surface area contributed by atoms with Crippen molar-refractivity contribution >= 4 is 53.9 Å². The second-order valence-electron chi connectivity index (χ2n) is 1.59. The van der Waals surface area contributed by atoms with Gasteiger partial charge in [0.2, 0.25) is 0 Å². The van der Waals surface area contributed by atoms with Gasteiger partial charge in [0.1, 0.15) is 0 Å². The molecular formula is C3H10AlCl4N. The van der Waals surface area contributed by atoms with Gasteiger partial charge in [-0.25, -0.2) is 30.1 Å². The van der Waals surface area contributed by atoms with Crippen LogP contribution in [0.25, 0.3) is 0 Å². The Bertz CT molecular complexity index is 31.3. The number of hydrogen-bond acceptors (Lipinski definition) is 1. The lowest BCUT2D eigenvalue weighted by Crippen LogP contribution is -1.99. The van der Waals surface area contributed by atoms with Crippen LogP contribution >= 0.6 is 42.6 Å². The van der Waals surface area contributed by atoms with Crippen LogP contribution in [0.4, 0.5) is 0 Å². The third-order valence-electron chi connectivity index (χ3n) is 0. The van der Waals surface area contributed by atoms with Gasteiger partial charge in [-0.3, -0.25) is 0 Å². The van der Waals surface area contributed by atoms with Gasteiger partial charge >= 0.3 is 11.4 Å². The van der Waals surface area contributed by atoms with Crippen LogP contribution in [-0.4, -0.2) is 37.4 Å². The third-order valence-corrected chi connectivity index (χ3v) is 0. The first kappa shape index (κ1) is 16.9. The maximum atomic E-state index is 4.94. The van der Waals surface area contributed by atoms with Crippen LogP contribution in [0.15, 0.2) is 0 Å². The van der Waals surface area contributed by atoms with E-state index in [1.165, 1.54) is 0 Å². The quantitative estimate of drug-likeness (QED) is 0.576. The molecule has 0 aliphatic heterocycles. The molecule has 0 aliphatic carbocycles. The summed E-state index contributed by atoms with van der Waals surface area (Å²) in [5.74, 6) is 0. The first-order valence-corrected chi connectivity index (χ1v) is 7.23. The summed E-state index contributed by atoms with van der Waals surface area (Å²) in [5.41, 5.74) is 0. The van der Waals surface area contributed by atoms with Crippen LogP contribution in [0, 0.1) is 0 Å². The number of rotatable bonds is 0. The predicted octanol–water partition coefficient (Wildman–Crippen LogP) is 2.29. The van der Waals surface area contributed by atoms with Crippen molar-refractivity contribution in [3.8, 4) is 0 Å². The monoisotopic (exact) mass is 227 g/mol. The summed E-state index contributed by atoms with van der Waals surface area (Å²) in [6, 6.07) is 0. The molecular weight excluding hydrogens is 219 g/mol. The molecule has 0 atom stereocenters. The molecule has 0 bridgehead atoms. The largest absolute Gasteiger partial charge is 0.643 e. The summed E-state index contributed by atoms with van der Waals surface area (Å²) in [5, 5.41) is 0. The molecule has 9 heavy (non-hydrogen) atoms. The zero-order chi connectivity index (χ0) is 7.15. The highest BCUT2D eigenvalue weighted by molar-refractivity contribution is 7.54. The zero-order valence-corrected chi connectivity index (χ0v) is 9.81. The maximum Gasteiger partial charge on any atom is 0.643 e. The van der Waals surface area contributed by atoms with Crippen LogP contribution in [0.3, 0.4) is 0 Å². The number of nitrogens with zero attached hydrogens (tertiary/aromatic N) is 1. The van der Waals surface area contributed by atoms with Crippen molar-refractivity contribution in [3.63, 3.8) is 0 Å². The van der Waals surface area contributed by atoms with Gasteiger partial charge in [-0.1, -0.05) is 0 Å². The average molecular weight is 229 g/mol. The van der Waals surface area contributed by atoms with Gasteiger partial charge in [0.15, 0.2) is 0 Å². The van der Waals surface area contributed by atoms with E-state index in [2.05, 4.69) is 0 Å². The first-order chi connectivity index (χ1) is 3.46. The van der Waals surface area contributed by atoms with Crippen molar-refractivity contribution in [2.75, 3.05) is 21.1 Å². The Morgan fingerprint density at radius 1 is 1.00 bits per heavy atom. The van der Waals surface area contributed by atoms with Gasteiger partial charge in [0.25, 0.3) is 0 Å². The lowest BCUT2D eigenvalue weighted by atomic mass is 11.0. The highest BCUT2D eigenvalue weighted by atomic mass is 35.8. The Hall–Kier alpha value is 1.65. The molecule has 58 valence electrons. The molecule has 0 N–H and O–H groups in total. The lowest BCUT2D eigenvalue weighted by molar-refractivity contribution is 0.505. The van der Waals surface area contributed by atoms with E-state index in [4.69, 9.17) is 30.1 Å². The maximum absolute atomic E-state index is 4.94. The second kappa shape index (κ2) is 12.3. The molecule has 0 fully saturated rings. The van der Waals surface area contributed by atoms with Crippen LogP contribution in [0.1, 0.15) is 0 Å². The molecule has 0 heterocycles. The van der Waals surface area contributed by atoms with Gasteiger partial charge in [0.05, 0.1) is 0 Å². The van der Waals surface area contributed by atoms with E-state index in [0.717, 1.165) is 0 Å². The standard InChI is InChI=1S/C3H9N.Al.4ClH/c1-4(2)3;;;;;/h1-3H3;;4*1H/q;+3;;;;/p-3. The molecule has 0 aromatic rings. The summed E-state index contributed by atoms with van der Waals surface area (Å²) < 4.78 is 0. The van der Waals surface area contributed by atoms with E-state index in [1.54, 1.807) is 0 Å². The van der Waals surface area contributed by atoms with Crippen molar-refractivity contribution in [2.24, 2.45) is 0 Å². The molecule has 0 rings (SSSR count). The van der Waals surface area contributed by atoms with Gasteiger partial charge in [-0.2, -0.15) is 0 Å². The van der Waals surface area contributed by atoms with E-state index < -0.39 is 11.4 Å². The minimum absolute atomic E-state index is 0. The van der Waals surface area contributed by atoms with Crippen molar-refractivity contribution in [1.29, 1.82) is 0 Å². The van der Waals surface area contributed by atoms with Crippen molar-refractivity contribution in [1.82, 2.24) is 4.90 Å². The molecule has 0 unspecified atom stereocenters. The van der Waals surface area contributed by atoms with Crippen molar-refractivity contribution in [2.45, 2.75) is 0 Å². The molecule has 0 saturated carbocycles. The van der Waals surface area contributed by atoms with Gasteiger partial charge in [-0.05, 0) is 21.1 Å². The van der Waals surface area contributed by atoms with Crippen LogP contribution in [-0.2, 0) is 0 Å². The fourth-order valence-corrected chi connectivity index (χ4v) is 0. The van der Waals surface area contributed by atoms with Crippen LogP contribution < -0.4 is 0 Å². The van der Waals surface area contributed by atoms with Crippen molar-refractivity contribution in [3.05, 3.63) is 0 Å². The second-order valence-corrected chi connectivity index (χ2v) is 8.02. The molecule has 0 aliphatic rings. The van der Waals surface area contributed by atoms with Crippen molar-refractivity contribution < 1.29 is 0 Å². The van der Waals surface area contributed by atoms with E-state index in [-0.39, 0.29) is 12.4 Å².